The number of carbonyl (C=O) groups is 1. The van der Waals surface area contributed by atoms with E-state index < -0.39 is 0 Å². The Morgan fingerprint density at radius 3 is 2.69 bits per heavy atom. The van der Waals surface area contributed by atoms with Crippen LogP contribution in [0.1, 0.15) is 32.3 Å². The van der Waals surface area contributed by atoms with Crippen LogP contribution in [-0.4, -0.2) is 27.3 Å². The largest absolute Gasteiger partial charge is 0.353 e. The number of fused-ring (bicyclic) bond motifs is 1. The summed E-state index contributed by atoms with van der Waals surface area (Å²) in [5, 5.41) is 4.63. The van der Waals surface area contributed by atoms with E-state index in [4.69, 9.17) is 11.6 Å². The number of thioether (sulfide) groups is 1. The van der Waals surface area contributed by atoms with Crippen LogP contribution in [-0.2, 0) is 11.3 Å². The van der Waals surface area contributed by atoms with Gasteiger partial charge < -0.3 is 5.32 Å². The topological polar surface area (TPSA) is 64.0 Å². The highest BCUT2D eigenvalue weighted by molar-refractivity contribution is 7.99. The van der Waals surface area contributed by atoms with Gasteiger partial charge in [-0.3, -0.25) is 14.2 Å². The molecule has 1 atom stereocenters. The SMILES string of the molecule is CCCC(C)NC(=O)CSc1nc2ccccc2c(=O)n1Cc1ccccc1Cl. The van der Waals surface area contributed by atoms with Gasteiger partial charge in [-0.05, 0) is 37.1 Å². The number of aromatic nitrogens is 2. The van der Waals surface area contributed by atoms with E-state index in [-0.39, 0.29) is 23.3 Å². The van der Waals surface area contributed by atoms with Crippen LogP contribution in [0.3, 0.4) is 0 Å². The molecule has 29 heavy (non-hydrogen) atoms. The van der Waals surface area contributed by atoms with E-state index in [1.165, 1.54) is 11.8 Å². The Morgan fingerprint density at radius 2 is 1.93 bits per heavy atom. The maximum absolute atomic E-state index is 13.1. The summed E-state index contributed by atoms with van der Waals surface area (Å²) in [6.45, 7) is 4.38. The fourth-order valence-electron chi connectivity index (χ4n) is 3.15. The molecule has 1 N–H and O–H groups in total. The lowest BCUT2D eigenvalue weighted by atomic mass is 10.2. The van der Waals surface area contributed by atoms with E-state index >= 15 is 0 Å². The first-order chi connectivity index (χ1) is 14.0. The highest BCUT2D eigenvalue weighted by atomic mass is 35.5. The molecule has 0 fully saturated rings. The molecule has 1 aromatic heterocycles. The van der Waals surface area contributed by atoms with Crippen molar-refractivity contribution in [3.8, 4) is 0 Å². The zero-order valence-corrected chi connectivity index (χ0v) is 18.1. The molecule has 2 aromatic carbocycles. The number of nitrogens with zero attached hydrogens (tertiary/aromatic N) is 2. The number of halogens is 1. The summed E-state index contributed by atoms with van der Waals surface area (Å²) in [5.74, 6) is 0.129. The molecule has 0 spiro atoms. The van der Waals surface area contributed by atoms with Crippen molar-refractivity contribution in [1.29, 1.82) is 0 Å². The van der Waals surface area contributed by atoms with E-state index in [0.29, 0.717) is 27.6 Å². The minimum atomic E-state index is -0.141. The Balaban J connectivity index is 1.91. The standard InChI is InChI=1S/C22H24ClN3O2S/c1-3-8-15(2)24-20(27)14-29-22-25-19-12-7-5-10-17(19)21(28)26(22)13-16-9-4-6-11-18(16)23/h4-7,9-12,15H,3,8,13-14H2,1-2H3,(H,24,27). The van der Waals surface area contributed by atoms with Gasteiger partial charge in [0, 0.05) is 11.1 Å². The monoisotopic (exact) mass is 429 g/mol. The number of benzene rings is 2. The van der Waals surface area contributed by atoms with Crippen molar-refractivity contribution in [1.82, 2.24) is 14.9 Å². The molecule has 0 saturated heterocycles. The normalized spacial score (nSPS) is 12.1. The average Bonchev–Trinajstić information content (AvgIpc) is 2.70. The smallest absolute Gasteiger partial charge is 0.262 e. The molecule has 1 unspecified atom stereocenters. The number of amides is 1. The van der Waals surface area contributed by atoms with Crippen molar-refractivity contribution in [2.24, 2.45) is 0 Å². The van der Waals surface area contributed by atoms with Crippen LogP contribution in [0, 0.1) is 0 Å². The number of para-hydroxylation sites is 1. The lowest BCUT2D eigenvalue weighted by molar-refractivity contribution is -0.119. The van der Waals surface area contributed by atoms with Gasteiger partial charge in [-0.2, -0.15) is 0 Å². The van der Waals surface area contributed by atoms with Crippen LogP contribution in [0.5, 0.6) is 0 Å². The maximum atomic E-state index is 13.1. The maximum Gasteiger partial charge on any atom is 0.262 e. The Kier molecular flexibility index (Phi) is 7.34. The number of hydrogen-bond donors (Lipinski definition) is 1. The lowest BCUT2D eigenvalue weighted by Crippen LogP contribution is -2.34. The molecule has 7 heteroatoms. The first-order valence-electron chi connectivity index (χ1n) is 9.64. The summed E-state index contributed by atoms with van der Waals surface area (Å²) in [7, 11) is 0. The molecule has 0 aliphatic rings. The van der Waals surface area contributed by atoms with Crippen molar-refractivity contribution in [3.63, 3.8) is 0 Å². The van der Waals surface area contributed by atoms with Crippen molar-refractivity contribution in [2.75, 3.05) is 5.75 Å². The first-order valence-corrected chi connectivity index (χ1v) is 11.0. The van der Waals surface area contributed by atoms with E-state index in [2.05, 4.69) is 17.2 Å². The highest BCUT2D eigenvalue weighted by Gasteiger charge is 2.15. The Morgan fingerprint density at radius 1 is 1.21 bits per heavy atom. The van der Waals surface area contributed by atoms with Gasteiger partial charge in [-0.25, -0.2) is 4.98 Å². The molecule has 1 heterocycles. The number of rotatable bonds is 8. The van der Waals surface area contributed by atoms with Gasteiger partial charge in [0.2, 0.25) is 5.91 Å². The third-order valence-electron chi connectivity index (χ3n) is 4.57. The summed E-state index contributed by atoms with van der Waals surface area (Å²) in [6, 6.07) is 14.8. The van der Waals surface area contributed by atoms with E-state index in [1.54, 1.807) is 16.7 Å². The molecule has 0 bridgehead atoms. The molecule has 0 saturated carbocycles. The van der Waals surface area contributed by atoms with E-state index in [0.717, 1.165) is 18.4 Å². The number of nitrogens with one attached hydrogen (secondary N) is 1. The van der Waals surface area contributed by atoms with Crippen LogP contribution in [0.4, 0.5) is 0 Å². The first kappa shape index (κ1) is 21.4. The fraction of sp³-hybridized carbons (Fsp3) is 0.318. The quantitative estimate of drug-likeness (QED) is 0.423. The number of carbonyl (C=O) groups excluding carboxylic acids is 1. The van der Waals surface area contributed by atoms with Crippen LogP contribution < -0.4 is 10.9 Å². The van der Waals surface area contributed by atoms with Gasteiger partial charge in [0.25, 0.3) is 5.56 Å². The van der Waals surface area contributed by atoms with Gasteiger partial charge in [0.15, 0.2) is 5.16 Å². The van der Waals surface area contributed by atoms with Crippen molar-refractivity contribution in [2.45, 2.75) is 44.4 Å². The fourth-order valence-corrected chi connectivity index (χ4v) is 4.15. The van der Waals surface area contributed by atoms with Crippen LogP contribution in [0.25, 0.3) is 10.9 Å². The third kappa shape index (κ3) is 5.40. The summed E-state index contributed by atoms with van der Waals surface area (Å²) in [4.78, 5) is 30.1. The average molecular weight is 430 g/mol. The predicted octanol–water partition coefficient (Wildman–Crippen LogP) is 4.50. The summed E-state index contributed by atoms with van der Waals surface area (Å²) in [5.41, 5.74) is 1.31. The summed E-state index contributed by atoms with van der Waals surface area (Å²) in [6.07, 6.45) is 1.94. The Hall–Kier alpha value is -2.31. The van der Waals surface area contributed by atoms with E-state index in [1.807, 2.05) is 43.3 Å². The van der Waals surface area contributed by atoms with Gasteiger partial charge >= 0.3 is 0 Å². The number of hydrogen-bond acceptors (Lipinski definition) is 4. The molecule has 5 nitrogen and oxygen atoms in total. The zero-order valence-electron chi connectivity index (χ0n) is 16.5. The second kappa shape index (κ2) is 9.94. The molecule has 0 radical (unpaired) electrons. The highest BCUT2D eigenvalue weighted by Crippen LogP contribution is 2.21. The van der Waals surface area contributed by atoms with Gasteiger partial charge in [0.1, 0.15) is 0 Å². The lowest BCUT2D eigenvalue weighted by Gasteiger charge is -2.15. The van der Waals surface area contributed by atoms with Crippen molar-refractivity contribution >= 4 is 40.2 Å². The van der Waals surface area contributed by atoms with Crippen LogP contribution in [0.15, 0.2) is 58.5 Å². The molecule has 152 valence electrons. The van der Waals surface area contributed by atoms with E-state index in [9.17, 15) is 9.59 Å². The Labute approximate surface area is 179 Å². The van der Waals surface area contributed by atoms with Gasteiger partial charge in [-0.15, -0.1) is 0 Å². The minimum Gasteiger partial charge on any atom is -0.353 e. The summed E-state index contributed by atoms with van der Waals surface area (Å²) >= 11 is 7.57. The molecule has 3 aromatic rings. The van der Waals surface area contributed by atoms with Gasteiger partial charge in [-0.1, -0.05) is 67.0 Å². The second-order valence-electron chi connectivity index (χ2n) is 6.94. The predicted molar refractivity (Wildman–Crippen MR) is 120 cm³/mol. The summed E-state index contributed by atoms with van der Waals surface area (Å²) < 4.78 is 1.59. The molecule has 1 amide bonds. The molecular formula is C22H24ClN3O2S. The second-order valence-corrected chi connectivity index (χ2v) is 8.29. The van der Waals surface area contributed by atoms with Crippen LogP contribution >= 0.6 is 23.4 Å². The molecular weight excluding hydrogens is 406 g/mol. The minimum absolute atomic E-state index is 0.0670. The van der Waals surface area contributed by atoms with Crippen molar-refractivity contribution < 1.29 is 4.79 Å². The zero-order chi connectivity index (χ0) is 20.8. The molecule has 0 aliphatic carbocycles. The Bertz CT molecular complexity index is 1070. The van der Waals surface area contributed by atoms with Crippen LogP contribution in [0.2, 0.25) is 5.02 Å². The molecule has 0 aliphatic heterocycles. The third-order valence-corrected chi connectivity index (χ3v) is 5.92. The van der Waals surface area contributed by atoms with Gasteiger partial charge in [0.05, 0.1) is 23.2 Å². The molecule has 3 rings (SSSR count). The van der Waals surface area contributed by atoms with Crippen molar-refractivity contribution in [3.05, 3.63) is 69.5 Å².